The molecule has 0 heterocycles. The van der Waals surface area contributed by atoms with Crippen LogP contribution in [0.3, 0.4) is 0 Å². The molecule has 0 N–H and O–H groups in total. The lowest BCUT2D eigenvalue weighted by Gasteiger charge is -2.29. The Balaban J connectivity index is 1.28. The van der Waals surface area contributed by atoms with E-state index in [-0.39, 0.29) is 22.0 Å². The molecule has 0 bridgehead atoms. The predicted molar refractivity (Wildman–Crippen MR) is 175 cm³/mol. The zero-order valence-corrected chi connectivity index (χ0v) is 26.0. The molecule has 0 unspecified atom stereocenters. The molecule has 0 fully saturated rings. The van der Waals surface area contributed by atoms with Crippen LogP contribution in [0.2, 0.25) is 0 Å². The van der Waals surface area contributed by atoms with Gasteiger partial charge in [-0.25, -0.2) is 0 Å². The fraction of sp³-hybridized carbons (Fsp3) is 0.150. The van der Waals surface area contributed by atoms with Gasteiger partial charge in [0.05, 0.1) is 22.3 Å². The minimum Gasteiger partial charge on any atom is -0.457 e. The van der Waals surface area contributed by atoms with Gasteiger partial charge in [0, 0.05) is 10.8 Å². The van der Waals surface area contributed by atoms with Crippen molar-refractivity contribution in [2.24, 2.45) is 0 Å². The zero-order valence-electron chi connectivity index (χ0n) is 26.0. The second kappa shape index (κ2) is 12.7. The number of hydrogen-bond donors (Lipinski definition) is 0. The average molecular weight is 599 g/mol. The van der Waals surface area contributed by atoms with E-state index in [4.69, 9.17) is 20.0 Å². The highest BCUT2D eigenvalue weighted by molar-refractivity contribution is 5.52. The van der Waals surface area contributed by atoms with Crippen molar-refractivity contribution in [1.82, 2.24) is 0 Å². The largest absolute Gasteiger partial charge is 0.457 e. The van der Waals surface area contributed by atoms with E-state index < -0.39 is 0 Å². The zero-order chi connectivity index (χ0) is 32.9. The molecule has 6 heteroatoms. The van der Waals surface area contributed by atoms with Gasteiger partial charge >= 0.3 is 0 Å². The molecule has 5 aromatic rings. The molecule has 46 heavy (non-hydrogen) atoms. The van der Waals surface area contributed by atoms with E-state index in [1.165, 1.54) is 11.1 Å². The fourth-order valence-corrected chi connectivity index (χ4v) is 5.34. The van der Waals surface area contributed by atoms with Crippen molar-refractivity contribution < 1.29 is 9.47 Å². The summed E-state index contributed by atoms with van der Waals surface area (Å²) in [5, 5.41) is 36.9. The van der Waals surface area contributed by atoms with Crippen LogP contribution in [0.1, 0.15) is 72.2 Å². The van der Waals surface area contributed by atoms with Gasteiger partial charge in [-0.2, -0.15) is 21.0 Å². The van der Waals surface area contributed by atoms with E-state index in [0.717, 1.165) is 11.1 Å². The molecule has 0 radical (unpaired) electrons. The lowest BCUT2D eigenvalue weighted by atomic mass is 9.74. The summed E-state index contributed by atoms with van der Waals surface area (Å²) in [4.78, 5) is 0. The van der Waals surface area contributed by atoms with E-state index in [9.17, 15) is 10.5 Å². The van der Waals surface area contributed by atoms with Crippen molar-refractivity contribution >= 4 is 0 Å². The lowest BCUT2D eigenvalue weighted by molar-refractivity contribution is 0.481. The Bertz CT molecular complexity index is 1910. The third-order valence-electron chi connectivity index (χ3n) is 8.42. The third-order valence-corrected chi connectivity index (χ3v) is 8.42. The summed E-state index contributed by atoms with van der Waals surface area (Å²) < 4.78 is 11.9. The van der Waals surface area contributed by atoms with Gasteiger partial charge in [-0.1, -0.05) is 76.2 Å². The molecular weight excluding hydrogens is 568 g/mol. The van der Waals surface area contributed by atoms with Crippen molar-refractivity contribution in [2.45, 2.75) is 38.5 Å². The summed E-state index contributed by atoms with van der Waals surface area (Å²) >= 11 is 0. The maximum absolute atomic E-state index is 9.30. The van der Waals surface area contributed by atoms with Crippen LogP contribution >= 0.6 is 0 Å². The van der Waals surface area contributed by atoms with Gasteiger partial charge in [-0.3, -0.25) is 0 Å². The van der Waals surface area contributed by atoms with Crippen LogP contribution in [-0.2, 0) is 10.8 Å². The molecule has 0 aliphatic carbocycles. The standard InChI is InChI=1S/C40H30N4O2/c1-39(2,33-11-17-35(18-12-33)45-37-15-5-27(23-41)29(21-37)25-43)31-7-9-32(10-8-31)40(3,4)34-13-19-36(20-14-34)46-38-16-6-28(24-42)30(22-38)26-44/h5-22H,1-4H3. The maximum atomic E-state index is 9.30. The number of nitrogens with zero attached hydrogens (tertiary/aromatic N) is 4. The second-order valence-corrected chi connectivity index (χ2v) is 11.9. The summed E-state index contributed by atoms with van der Waals surface area (Å²) in [7, 11) is 0. The molecule has 0 saturated heterocycles. The number of rotatable bonds is 8. The Hall–Kier alpha value is -6.34. The Morgan fingerprint density at radius 1 is 0.370 bits per heavy atom. The first-order valence-electron chi connectivity index (χ1n) is 14.7. The number of hydrogen-bond acceptors (Lipinski definition) is 6. The summed E-state index contributed by atoms with van der Waals surface area (Å²) in [6.07, 6.45) is 0. The highest BCUT2D eigenvalue weighted by atomic mass is 16.5. The molecule has 222 valence electrons. The quantitative estimate of drug-likeness (QED) is 0.176. The van der Waals surface area contributed by atoms with E-state index in [1.54, 1.807) is 36.4 Å². The first kappa shape index (κ1) is 31.1. The molecule has 0 saturated carbocycles. The van der Waals surface area contributed by atoms with Gasteiger partial charge in [-0.05, 0) is 82.9 Å². The number of ether oxygens (including phenoxy) is 2. The first-order valence-corrected chi connectivity index (χ1v) is 14.7. The van der Waals surface area contributed by atoms with Gasteiger partial charge in [0.25, 0.3) is 0 Å². The van der Waals surface area contributed by atoms with Crippen molar-refractivity contribution in [3.05, 3.63) is 154 Å². The second-order valence-electron chi connectivity index (χ2n) is 11.9. The van der Waals surface area contributed by atoms with Crippen LogP contribution in [0.5, 0.6) is 23.0 Å². The Morgan fingerprint density at radius 2 is 0.630 bits per heavy atom. The van der Waals surface area contributed by atoms with Gasteiger partial charge in [0.15, 0.2) is 0 Å². The summed E-state index contributed by atoms with van der Waals surface area (Å²) in [5.74, 6) is 2.29. The molecule has 5 aromatic carbocycles. The molecule has 5 rings (SSSR count). The van der Waals surface area contributed by atoms with E-state index in [1.807, 2.05) is 72.8 Å². The predicted octanol–water partition coefficient (Wildman–Crippen LogP) is 9.41. The topological polar surface area (TPSA) is 114 Å². The van der Waals surface area contributed by atoms with Gasteiger partial charge in [0.1, 0.15) is 47.3 Å². The van der Waals surface area contributed by atoms with E-state index in [0.29, 0.717) is 34.1 Å². The number of nitriles is 4. The minimum atomic E-state index is -0.264. The summed E-state index contributed by atoms with van der Waals surface area (Å²) in [5.41, 5.74) is 5.29. The normalized spacial score (nSPS) is 11.0. The molecular formula is C40H30N4O2. The van der Waals surface area contributed by atoms with Gasteiger partial charge in [0.2, 0.25) is 0 Å². The average Bonchev–Trinajstić information content (AvgIpc) is 3.08. The smallest absolute Gasteiger partial charge is 0.128 e. The molecule has 6 nitrogen and oxygen atoms in total. The first-order chi connectivity index (χ1) is 22.1. The summed E-state index contributed by atoms with van der Waals surface area (Å²) in [6, 6.07) is 42.3. The van der Waals surface area contributed by atoms with Crippen molar-refractivity contribution in [2.75, 3.05) is 0 Å². The fourth-order valence-electron chi connectivity index (χ4n) is 5.34. The molecule has 0 amide bonds. The monoisotopic (exact) mass is 598 g/mol. The third kappa shape index (κ3) is 6.30. The van der Waals surface area contributed by atoms with Crippen molar-refractivity contribution in [1.29, 1.82) is 21.0 Å². The van der Waals surface area contributed by atoms with Gasteiger partial charge < -0.3 is 9.47 Å². The van der Waals surface area contributed by atoms with Crippen molar-refractivity contribution in [3.8, 4) is 47.3 Å². The Labute approximate surface area is 269 Å². The van der Waals surface area contributed by atoms with Crippen molar-refractivity contribution in [3.63, 3.8) is 0 Å². The Morgan fingerprint density at radius 3 is 0.913 bits per heavy atom. The Kier molecular flexibility index (Phi) is 8.60. The molecule has 0 aliphatic heterocycles. The summed E-state index contributed by atoms with van der Waals surface area (Å²) in [6.45, 7) is 8.76. The minimum absolute atomic E-state index is 0.264. The van der Waals surface area contributed by atoms with Crippen LogP contribution in [0.25, 0.3) is 0 Å². The van der Waals surface area contributed by atoms with Crippen LogP contribution < -0.4 is 9.47 Å². The van der Waals surface area contributed by atoms with Crippen LogP contribution in [0.4, 0.5) is 0 Å². The van der Waals surface area contributed by atoms with Crippen LogP contribution in [-0.4, -0.2) is 0 Å². The van der Waals surface area contributed by atoms with E-state index in [2.05, 4.69) is 52.0 Å². The van der Waals surface area contributed by atoms with Crippen LogP contribution in [0.15, 0.2) is 109 Å². The van der Waals surface area contributed by atoms with Gasteiger partial charge in [-0.15, -0.1) is 0 Å². The van der Waals surface area contributed by atoms with Crippen LogP contribution in [0, 0.1) is 45.3 Å². The molecule has 0 atom stereocenters. The molecule has 0 spiro atoms. The highest BCUT2D eigenvalue weighted by Gasteiger charge is 2.27. The number of benzene rings is 5. The SMILES string of the molecule is CC(C)(c1ccc(Oc2ccc(C#N)c(C#N)c2)cc1)c1ccc(C(C)(C)c2ccc(Oc3ccc(C#N)c(C#N)c3)cc2)cc1. The lowest BCUT2D eigenvalue weighted by Crippen LogP contribution is -2.21. The molecule has 0 aromatic heterocycles. The highest BCUT2D eigenvalue weighted by Crippen LogP contribution is 2.37. The molecule has 0 aliphatic rings. The van der Waals surface area contributed by atoms with E-state index >= 15 is 0 Å². The maximum Gasteiger partial charge on any atom is 0.128 e.